The molecule has 0 bridgehead atoms. The number of nitrogens with one attached hydrogen (secondary N) is 2. The maximum absolute atomic E-state index is 12.0. The Kier molecular flexibility index (Phi) is 5.34. The van der Waals surface area contributed by atoms with Crippen molar-refractivity contribution < 1.29 is 9.53 Å². The minimum atomic E-state index is 0.120. The van der Waals surface area contributed by atoms with Gasteiger partial charge in [-0.3, -0.25) is 14.7 Å². The predicted octanol–water partition coefficient (Wildman–Crippen LogP) is 0.662. The Bertz CT molecular complexity index is 581. The smallest absolute Gasteiger partial charge is 0.234 e. The van der Waals surface area contributed by atoms with Crippen LogP contribution in [0.5, 0.6) is 0 Å². The highest BCUT2D eigenvalue weighted by Crippen LogP contribution is 2.62. The van der Waals surface area contributed by atoms with Crippen LogP contribution < -0.4 is 10.6 Å². The number of fused-ring (bicyclic) bond motifs is 2. The number of amides is 1. The summed E-state index contributed by atoms with van der Waals surface area (Å²) in [6.45, 7) is 9.05. The van der Waals surface area contributed by atoms with Crippen molar-refractivity contribution in [3.05, 3.63) is 0 Å². The average molecular weight is 378 g/mol. The maximum atomic E-state index is 12.0. The second-order valence-electron chi connectivity index (χ2n) is 8.99. The van der Waals surface area contributed by atoms with Gasteiger partial charge in [0.15, 0.2) is 5.96 Å². The van der Waals surface area contributed by atoms with E-state index >= 15 is 0 Å². The predicted molar refractivity (Wildman–Crippen MR) is 106 cm³/mol. The lowest BCUT2D eigenvalue weighted by atomic mass is 9.46. The molecule has 2 saturated carbocycles. The lowest BCUT2D eigenvalue weighted by Gasteiger charge is -2.63. The van der Waals surface area contributed by atoms with Crippen molar-refractivity contribution in [1.29, 1.82) is 0 Å². The molecule has 7 heteroatoms. The van der Waals surface area contributed by atoms with Gasteiger partial charge < -0.3 is 20.3 Å². The van der Waals surface area contributed by atoms with E-state index < -0.39 is 0 Å². The van der Waals surface area contributed by atoms with Gasteiger partial charge in [-0.05, 0) is 33.1 Å². The SMILES string of the molecule is CN=C(NC1C2CCOC2C12CCC2)N1CCN(CC(=O)NC(C)C)CC1. The molecule has 0 aromatic heterocycles. The van der Waals surface area contributed by atoms with E-state index in [0.29, 0.717) is 30.0 Å². The zero-order valence-corrected chi connectivity index (χ0v) is 17.0. The number of guanidine groups is 1. The molecule has 2 heterocycles. The van der Waals surface area contributed by atoms with E-state index in [2.05, 4.69) is 25.4 Å². The summed E-state index contributed by atoms with van der Waals surface area (Å²) in [6.07, 6.45) is 5.59. The maximum Gasteiger partial charge on any atom is 0.234 e. The van der Waals surface area contributed by atoms with Crippen molar-refractivity contribution in [2.45, 2.75) is 57.7 Å². The summed E-state index contributed by atoms with van der Waals surface area (Å²) >= 11 is 0. The lowest BCUT2D eigenvalue weighted by molar-refractivity contribution is -0.171. The van der Waals surface area contributed by atoms with Crippen molar-refractivity contribution in [3.8, 4) is 0 Å². The standard InChI is InChI=1S/C20H35N5O2/c1-14(2)22-16(26)13-24-8-10-25(11-9-24)19(21-3)23-17-15-5-12-27-18(15)20(17)6-4-7-20/h14-15,17-18H,4-13H2,1-3H3,(H,21,23)(H,22,26). The molecule has 3 atom stereocenters. The first-order chi connectivity index (χ1) is 13.0. The van der Waals surface area contributed by atoms with Crippen molar-refractivity contribution in [2.24, 2.45) is 16.3 Å². The fraction of sp³-hybridized carbons (Fsp3) is 0.900. The van der Waals surface area contributed by atoms with Gasteiger partial charge >= 0.3 is 0 Å². The molecule has 4 fully saturated rings. The average Bonchev–Trinajstić information content (AvgIpc) is 3.00. The van der Waals surface area contributed by atoms with E-state index in [9.17, 15) is 4.79 Å². The molecular formula is C20H35N5O2. The van der Waals surface area contributed by atoms with E-state index in [1.165, 1.54) is 25.7 Å². The first kappa shape index (κ1) is 19.0. The highest BCUT2D eigenvalue weighted by atomic mass is 16.5. The summed E-state index contributed by atoms with van der Waals surface area (Å²) in [7, 11) is 1.89. The summed E-state index contributed by atoms with van der Waals surface area (Å²) in [5, 5.41) is 6.79. The second-order valence-corrected chi connectivity index (χ2v) is 8.99. The molecule has 4 rings (SSSR count). The first-order valence-electron chi connectivity index (χ1n) is 10.6. The highest BCUT2D eigenvalue weighted by Gasteiger charge is 2.66. The van der Waals surface area contributed by atoms with Crippen LogP contribution in [-0.2, 0) is 9.53 Å². The summed E-state index contributed by atoms with van der Waals surface area (Å²) in [6, 6.07) is 0.721. The van der Waals surface area contributed by atoms with Gasteiger partial charge in [-0.25, -0.2) is 0 Å². The van der Waals surface area contributed by atoms with Gasteiger partial charge in [-0.2, -0.15) is 0 Å². The van der Waals surface area contributed by atoms with Crippen LogP contribution >= 0.6 is 0 Å². The molecule has 27 heavy (non-hydrogen) atoms. The Hall–Kier alpha value is -1.34. The molecule has 0 aromatic rings. The zero-order valence-electron chi connectivity index (χ0n) is 17.0. The van der Waals surface area contributed by atoms with Gasteiger partial charge in [0.1, 0.15) is 0 Å². The fourth-order valence-corrected chi connectivity index (χ4v) is 5.58. The Labute approximate surface area is 162 Å². The van der Waals surface area contributed by atoms with Gasteiger partial charge in [0.2, 0.25) is 5.91 Å². The quantitative estimate of drug-likeness (QED) is 0.557. The van der Waals surface area contributed by atoms with Gasteiger partial charge in [-0.15, -0.1) is 0 Å². The van der Waals surface area contributed by atoms with Crippen molar-refractivity contribution >= 4 is 11.9 Å². The Morgan fingerprint density at radius 1 is 1.26 bits per heavy atom. The van der Waals surface area contributed by atoms with Gasteiger partial charge in [-0.1, -0.05) is 6.42 Å². The number of hydrogen-bond donors (Lipinski definition) is 2. The van der Waals surface area contributed by atoms with Crippen LogP contribution in [0.4, 0.5) is 0 Å². The normalized spacial score (nSPS) is 32.8. The van der Waals surface area contributed by atoms with Crippen molar-refractivity contribution in [1.82, 2.24) is 20.4 Å². The number of carbonyl (C=O) groups excluding carboxylic acids is 1. The van der Waals surface area contributed by atoms with Crippen molar-refractivity contribution in [2.75, 3.05) is 46.4 Å². The number of ether oxygens (including phenoxy) is 1. The second kappa shape index (κ2) is 7.59. The largest absolute Gasteiger partial charge is 0.377 e. The van der Waals surface area contributed by atoms with E-state index in [1.54, 1.807) is 0 Å². The summed E-state index contributed by atoms with van der Waals surface area (Å²) in [4.78, 5) is 21.2. The third-order valence-corrected chi connectivity index (χ3v) is 7.02. The van der Waals surface area contributed by atoms with Crippen LogP contribution in [0.1, 0.15) is 39.5 Å². The Morgan fingerprint density at radius 3 is 2.59 bits per heavy atom. The van der Waals surface area contributed by atoms with E-state index in [1.807, 2.05) is 20.9 Å². The molecule has 1 amide bonds. The van der Waals surface area contributed by atoms with Crippen molar-refractivity contribution in [3.63, 3.8) is 0 Å². The molecule has 0 aromatic carbocycles. The topological polar surface area (TPSA) is 69.2 Å². The van der Waals surface area contributed by atoms with E-state index in [0.717, 1.165) is 38.7 Å². The highest BCUT2D eigenvalue weighted by molar-refractivity contribution is 5.81. The molecule has 7 nitrogen and oxygen atoms in total. The lowest BCUT2D eigenvalue weighted by Crippen LogP contribution is -2.73. The molecule has 3 unspecified atom stereocenters. The molecule has 1 spiro atoms. The van der Waals surface area contributed by atoms with E-state index in [-0.39, 0.29) is 11.9 Å². The van der Waals surface area contributed by atoms with Crippen LogP contribution in [0.15, 0.2) is 4.99 Å². The number of carbonyl (C=O) groups is 1. The number of aliphatic imine (C=N–C) groups is 1. The molecule has 2 saturated heterocycles. The van der Waals surface area contributed by atoms with Crippen LogP contribution in [0.2, 0.25) is 0 Å². The molecular weight excluding hydrogens is 342 g/mol. The minimum absolute atomic E-state index is 0.120. The van der Waals surface area contributed by atoms with Crippen LogP contribution in [-0.4, -0.2) is 86.2 Å². The third-order valence-electron chi connectivity index (χ3n) is 7.02. The van der Waals surface area contributed by atoms with Crippen LogP contribution in [0.3, 0.4) is 0 Å². The van der Waals surface area contributed by atoms with Crippen LogP contribution in [0, 0.1) is 11.3 Å². The molecule has 0 radical (unpaired) electrons. The summed E-state index contributed by atoms with van der Waals surface area (Å²) < 4.78 is 6.04. The number of nitrogens with zero attached hydrogens (tertiary/aromatic N) is 3. The molecule has 152 valence electrons. The summed E-state index contributed by atoms with van der Waals surface area (Å²) in [5.74, 6) is 1.81. The number of rotatable bonds is 4. The monoisotopic (exact) mass is 377 g/mol. The number of hydrogen-bond acceptors (Lipinski definition) is 4. The molecule has 2 aliphatic carbocycles. The number of piperazine rings is 1. The van der Waals surface area contributed by atoms with Gasteiger partial charge in [0, 0.05) is 63.3 Å². The van der Waals surface area contributed by atoms with E-state index in [4.69, 9.17) is 4.74 Å². The Balaban J connectivity index is 1.29. The fourth-order valence-electron chi connectivity index (χ4n) is 5.58. The molecule has 2 aliphatic heterocycles. The van der Waals surface area contributed by atoms with Crippen LogP contribution in [0.25, 0.3) is 0 Å². The minimum Gasteiger partial charge on any atom is -0.377 e. The third kappa shape index (κ3) is 3.44. The molecule has 4 aliphatic rings. The zero-order chi connectivity index (χ0) is 19.0. The van der Waals surface area contributed by atoms with Gasteiger partial charge in [0.25, 0.3) is 0 Å². The Morgan fingerprint density at radius 2 is 2.00 bits per heavy atom. The summed E-state index contributed by atoms with van der Waals surface area (Å²) in [5.41, 5.74) is 0.369. The van der Waals surface area contributed by atoms with Gasteiger partial charge in [0.05, 0.1) is 12.6 Å². The molecule has 2 N–H and O–H groups in total. The first-order valence-corrected chi connectivity index (χ1v) is 10.6.